The summed E-state index contributed by atoms with van der Waals surface area (Å²) >= 11 is 4.17. The van der Waals surface area contributed by atoms with E-state index in [2.05, 4.69) is 60.6 Å². The number of aryl methyl sites for hydroxylation is 1. The van der Waals surface area contributed by atoms with Gasteiger partial charge in [-0.3, -0.25) is 0 Å². The monoisotopic (exact) mass is 336 g/mol. The number of hydrogen-bond donors (Lipinski definition) is 0. The maximum atomic E-state index is 2.43. The highest BCUT2D eigenvalue weighted by Crippen LogP contribution is 2.51. The highest BCUT2D eigenvalue weighted by molar-refractivity contribution is 8.03. The lowest BCUT2D eigenvalue weighted by Gasteiger charge is -2.27. The number of allylic oxidation sites excluding steroid dienone is 1. The molecular formula is C20H32S2. The average Bonchev–Trinajstić information content (AvgIpc) is 3.18. The second kappa shape index (κ2) is 9.82. The molecule has 2 heteroatoms. The fourth-order valence-corrected chi connectivity index (χ4v) is 5.76. The normalized spacial score (nSPS) is 20.8. The van der Waals surface area contributed by atoms with E-state index in [0.717, 1.165) is 0 Å². The highest BCUT2D eigenvalue weighted by Gasteiger charge is 2.34. The first-order valence-electron chi connectivity index (χ1n) is 9.23. The number of unbranched alkanes of at least 4 members (excludes halogenated alkanes) is 6. The molecule has 124 valence electrons. The van der Waals surface area contributed by atoms with E-state index < -0.39 is 0 Å². The van der Waals surface area contributed by atoms with E-state index in [1.807, 2.05) is 0 Å². The number of thiophene rings is 1. The summed E-state index contributed by atoms with van der Waals surface area (Å²) in [6.45, 7) is 4.58. The zero-order chi connectivity index (χ0) is 15.7. The molecule has 0 aromatic carbocycles. The fourth-order valence-electron chi connectivity index (χ4n) is 3.23. The van der Waals surface area contributed by atoms with Crippen LogP contribution >= 0.6 is 23.1 Å². The molecule has 0 spiro atoms. The van der Waals surface area contributed by atoms with Crippen LogP contribution in [-0.4, -0.2) is 0 Å². The van der Waals surface area contributed by atoms with Gasteiger partial charge < -0.3 is 0 Å². The van der Waals surface area contributed by atoms with Gasteiger partial charge in [0, 0.05) is 9.75 Å². The quantitative estimate of drug-likeness (QED) is 0.373. The Kier molecular flexibility index (Phi) is 8.10. The van der Waals surface area contributed by atoms with E-state index in [-0.39, 0.29) is 0 Å². The molecule has 1 atom stereocenters. The van der Waals surface area contributed by atoms with Gasteiger partial charge in [-0.2, -0.15) is 0 Å². The second-order valence-electron chi connectivity index (χ2n) is 6.58. The van der Waals surface area contributed by atoms with Gasteiger partial charge in [0.25, 0.3) is 0 Å². The molecular weight excluding hydrogens is 304 g/mol. The largest absolute Gasteiger partial charge is 0.144 e. The Hall–Kier alpha value is -0.210. The molecule has 0 saturated heterocycles. The standard InChI is InChI=1S/C20H32S2/c1-3-5-7-9-12-18-13-14-19(22-18)20(16-11-17-21-20)15-10-8-6-4-2/h11,13-14,17H,3-10,12,15-16H2,1-2H3. The topological polar surface area (TPSA) is 0 Å². The van der Waals surface area contributed by atoms with Gasteiger partial charge in [-0.1, -0.05) is 64.9 Å². The highest BCUT2D eigenvalue weighted by atomic mass is 32.2. The third-order valence-corrected chi connectivity index (χ3v) is 7.51. The van der Waals surface area contributed by atoms with Crippen molar-refractivity contribution >= 4 is 23.1 Å². The van der Waals surface area contributed by atoms with Crippen molar-refractivity contribution in [1.29, 1.82) is 0 Å². The van der Waals surface area contributed by atoms with Crippen LogP contribution < -0.4 is 0 Å². The lowest BCUT2D eigenvalue weighted by atomic mass is 9.95. The van der Waals surface area contributed by atoms with Crippen LogP contribution in [0.25, 0.3) is 0 Å². The molecule has 0 amide bonds. The maximum absolute atomic E-state index is 2.43. The van der Waals surface area contributed by atoms with Gasteiger partial charge in [0.05, 0.1) is 4.75 Å². The van der Waals surface area contributed by atoms with Crippen molar-refractivity contribution in [1.82, 2.24) is 0 Å². The SMILES string of the molecule is CCCCCCc1ccc(C2(CCCCCC)CC=CS2)s1. The van der Waals surface area contributed by atoms with E-state index in [4.69, 9.17) is 0 Å². The third-order valence-electron chi connectivity index (χ3n) is 4.66. The van der Waals surface area contributed by atoms with Crippen molar-refractivity contribution in [2.75, 3.05) is 0 Å². The molecule has 0 nitrogen and oxygen atoms in total. The van der Waals surface area contributed by atoms with Crippen molar-refractivity contribution < 1.29 is 0 Å². The van der Waals surface area contributed by atoms with E-state index in [1.165, 1.54) is 70.6 Å². The molecule has 22 heavy (non-hydrogen) atoms. The van der Waals surface area contributed by atoms with Crippen LogP contribution in [0.1, 0.15) is 87.8 Å². The van der Waals surface area contributed by atoms with E-state index in [1.54, 1.807) is 9.75 Å². The van der Waals surface area contributed by atoms with Gasteiger partial charge in [-0.25, -0.2) is 0 Å². The molecule has 0 bridgehead atoms. The molecule has 1 aliphatic heterocycles. The Balaban J connectivity index is 1.89. The zero-order valence-corrected chi connectivity index (χ0v) is 16.0. The summed E-state index contributed by atoms with van der Waals surface area (Å²) in [5.41, 5.74) is 0. The van der Waals surface area contributed by atoms with Crippen LogP contribution in [-0.2, 0) is 11.2 Å². The third kappa shape index (κ3) is 5.16. The fraction of sp³-hybridized carbons (Fsp3) is 0.700. The first-order chi connectivity index (χ1) is 10.8. The molecule has 2 heterocycles. The first kappa shape index (κ1) is 18.1. The molecule has 0 aliphatic carbocycles. The van der Waals surface area contributed by atoms with Gasteiger partial charge in [0.2, 0.25) is 0 Å². The summed E-state index contributed by atoms with van der Waals surface area (Å²) in [6, 6.07) is 4.83. The van der Waals surface area contributed by atoms with Crippen LogP contribution in [0.2, 0.25) is 0 Å². The maximum Gasteiger partial charge on any atom is 0.0577 e. The summed E-state index contributed by atoms with van der Waals surface area (Å²) in [4.78, 5) is 3.23. The molecule has 0 saturated carbocycles. The second-order valence-corrected chi connectivity index (χ2v) is 9.03. The van der Waals surface area contributed by atoms with E-state index >= 15 is 0 Å². The Morgan fingerprint density at radius 2 is 1.73 bits per heavy atom. The number of hydrogen-bond acceptors (Lipinski definition) is 2. The summed E-state index contributed by atoms with van der Waals surface area (Å²) in [7, 11) is 0. The summed E-state index contributed by atoms with van der Waals surface area (Å²) in [6.07, 6.45) is 17.2. The molecule has 1 aromatic heterocycles. The van der Waals surface area contributed by atoms with Crippen molar-refractivity contribution in [3.63, 3.8) is 0 Å². The minimum absolute atomic E-state index is 0.375. The summed E-state index contributed by atoms with van der Waals surface area (Å²) in [5, 5.41) is 2.33. The van der Waals surface area contributed by atoms with Crippen LogP contribution in [0.4, 0.5) is 0 Å². The summed E-state index contributed by atoms with van der Waals surface area (Å²) in [5.74, 6) is 0. The van der Waals surface area contributed by atoms with E-state index in [9.17, 15) is 0 Å². The van der Waals surface area contributed by atoms with E-state index in [0.29, 0.717) is 4.75 Å². The molecule has 1 unspecified atom stereocenters. The van der Waals surface area contributed by atoms with Crippen LogP contribution in [0.15, 0.2) is 23.6 Å². The van der Waals surface area contributed by atoms with Crippen molar-refractivity contribution in [3.05, 3.63) is 33.4 Å². The Labute approximate surface area is 145 Å². The van der Waals surface area contributed by atoms with Crippen LogP contribution in [0.5, 0.6) is 0 Å². The predicted octanol–water partition coefficient (Wildman–Crippen LogP) is 7.69. The van der Waals surface area contributed by atoms with Crippen LogP contribution in [0, 0.1) is 0 Å². The van der Waals surface area contributed by atoms with Gasteiger partial charge >= 0.3 is 0 Å². The predicted molar refractivity (Wildman–Crippen MR) is 104 cm³/mol. The molecule has 1 aliphatic rings. The van der Waals surface area contributed by atoms with Gasteiger partial charge in [0.1, 0.15) is 0 Å². The van der Waals surface area contributed by atoms with Crippen molar-refractivity contribution in [3.8, 4) is 0 Å². The molecule has 1 aromatic rings. The Morgan fingerprint density at radius 3 is 2.41 bits per heavy atom. The molecule has 0 radical (unpaired) electrons. The van der Waals surface area contributed by atoms with Gasteiger partial charge in [-0.15, -0.1) is 23.1 Å². The number of rotatable bonds is 11. The summed E-state index contributed by atoms with van der Waals surface area (Å²) < 4.78 is 0.375. The Bertz CT molecular complexity index is 436. The minimum Gasteiger partial charge on any atom is -0.144 e. The van der Waals surface area contributed by atoms with Crippen molar-refractivity contribution in [2.24, 2.45) is 0 Å². The number of thioether (sulfide) groups is 1. The average molecular weight is 337 g/mol. The minimum atomic E-state index is 0.375. The van der Waals surface area contributed by atoms with Crippen LogP contribution in [0.3, 0.4) is 0 Å². The van der Waals surface area contributed by atoms with Gasteiger partial charge in [-0.05, 0) is 43.2 Å². The lowest BCUT2D eigenvalue weighted by Crippen LogP contribution is -2.16. The molecule has 0 fully saturated rings. The smallest absolute Gasteiger partial charge is 0.0577 e. The first-order valence-corrected chi connectivity index (χ1v) is 10.9. The molecule has 0 N–H and O–H groups in total. The molecule has 2 rings (SSSR count). The van der Waals surface area contributed by atoms with Crippen molar-refractivity contribution in [2.45, 2.75) is 89.2 Å². The Morgan fingerprint density at radius 1 is 0.955 bits per heavy atom. The zero-order valence-electron chi connectivity index (χ0n) is 14.4. The van der Waals surface area contributed by atoms with Gasteiger partial charge in [0.15, 0.2) is 0 Å². The lowest BCUT2D eigenvalue weighted by molar-refractivity contribution is 0.530.